The normalized spacial score (nSPS) is 11.3. The lowest BCUT2D eigenvalue weighted by Gasteiger charge is -2.19. The number of hydrogen-bond acceptors (Lipinski definition) is 5. The van der Waals surface area contributed by atoms with Crippen molar-refractivity contribution in [3.05, 3.63) is 84.3 Å². The van der Waals surface area contributed by atoms with Gasteiger partial charge in [0.05, 0.1) is 34.5 Å². The van der Waals surface area contributed by atoms with Gasteiger partial charge >= 0.3 is 6.09 Å². The first-order valence-electron chi connectivity index (χ1n) is 11.0. The van der Waals surface area contributed by atoms with Crippen molar-refractivity contribution < 1.29 is 9.53 Å². The van der Waals surface area contributed by atoms with E-state index in [9.17, 15) is 10.1 Å². The lowest BCUT2D eigenvalue weighted by atomic mass is 10.0. The Labute approximate surface area is 202 Å². The van der Waals surface area contributed by atoms with E-state index >= 15 is 0 Å². The Morgan fingerprint density at radius 3 is 2.29 bits per heavy atom. The maximum Gasteiger partial charge on any atom is 0.419 e. The fourth-order valence-electron chi connectivity index (χ4n) is 4.00. The van der Waals surface area contributed by atoms with E-state index < -0.39 is 11.7 Å². The molecule has 0 bridgehead atoms. The summed E-state index contributed by atoms with van der Waals surface area (Å²) >= 11 is 0. The van der Waals surface area contributed by atoms with Gasteiger partial charge in [0.25, 0.3) is 0 Å². The first-order valence-corrected chi connectivity index (χ1v) is 11.0. The van der Waals surface area contributed by atoms with Crippen LogP contribution in [0.2, 0.25) is 0 Å². The lowest BCUT2D eigenvalue weighted by molar-refractivity contribution is 0.0544. The Morgan fingerprint density at radius 1 is 0.914 bits per heavy atom. The molecule has 2 aromatic carbocycles. The summed E-state index contributed by atoms with van der Waals surface area (Å²) in [5.74, 6) is 0. The molecule has 7 nitrogen and oxygen atoms in total. The Balaban J connectivity index is 1.56. The van der Waals surface area contributed by atoms with Crippen LogP contribution in [0.5, 0.6) is 0 Å². The van der Waals surface area contributed by atoms with Crippen LogP contribution < -0.4 is 0 Å². The van der Waals surface area contributed by atoms with E-state index in [2.05, 4.69) is 17.1 Å². The third-order valence-electron chi connectivity index (χ3n) is 5.61. The Morgan fingerprint density at radius 2 is 1.60 bits per heavy atom. The van der Waals surface area contributed by atoms with Crippen LogP contribution in [0.1, 0.15) is 31.9 Å². The molecule has 7 heteroatoms. The Kier molecular flexibility index (Phi) is 5.12. The molecule has 0 aliphatic rings. The number of pyridine rings is 1. The largest absolute Gasteiger partial charge is 0.443 e. The minimum Gasteiger partial charge on any atom is -0.443 e. The third-order valence-corrected chi connectivity index (χ3v) is 5.61. The standard InChI is InChI=1S/C28H21N5O2/c1-28(2,3)35-27(34)33-16-23(22-9-4-18(14-29)12-25(22)33)20-5-7-21(8-6-20)24-17-32-11-10-19(15-30)13-26(32)31-24/h4-13,16-17H,1-3H3. The van der Waals surface area contributed by atoms with Gasteiger partial charge < -0.3 is 9.14 Å². The highest BCUT2D eigenvalue weighted by Gasteiger charge is 2.21. The maximum absolute atomic E-state index is 12.9. The van der Waals surface area contributed by atoms with Crippen molar-refractivity contribution in [3.8, 4) is 34.5 Å². The number of hydrogen-bond donors (Lipinski definition) is 0. The van der Waals surface area contributed by atoms with Gasteiger partial charge in [-0.2, -0.15) is 10.5 Å². The average molecular weight is 460 g/mol. The number of imidazole rings is 1. The van der Waals surface area contributed by atoms with Crippen LogP contribution in [0.4, 0.5) is 4.79 Å². The van der Waals surface area contributed by atoms with E-state index in [1.165, 1.54) is 4.57 Å². The van der Waals surface area contributed by atoms with Crippen molar-refractivity contribution in [1.82, 2.24) is 14.0 Å². The molecule has 0 aliphatic carbocycles. The highest BCUT2D eigenvalue weighted by molar-refractivity contribution is 6.01. The first kappa shape index (κ1) is 21.9. The van der Waals surface area contributed by atoms with Crippen molar-refractivity contribution in [2.75, 3.05) is 0 Å². The zero-order valence-corrected chi connectivity index (χ0v) is 19.5. The molecule has 0 amide bonds. The summed E-state index contributed by atoms with van der Waals surface area (Å²) < 4.78 is 8.93. The van der Waals surface area contributed by atoms with Crippen molar-refractivity contribution in [1.29, 1.82) is 10.5 Å². The molecular formula is C28H21N5O2. The predicted octanol–water partition coefficient (Wildman–Crippen LogP) is 6.15. The first-order chi connectivity index (χ1) is 16.8. The van der Waals surface area contributed by atoms with Crippen LogP contribution in [0.3, 0.4) is 0 Å². The number of benzene rings is 2. The summed E-state index contributed by atoms with van der Waals surface area (Å²) in [6, 6.07) is 21.0. The highest BCUT2D eigenvalue weighted by atomic mass is 16.6. The van der Waals surface area contributed by atoms with Gasteiger partial charge in [0.1, 0.15) is 11.2 Å². The third kappa shape index (κ3) is 4.12. The van der Waals surface area contributed by atoms with Gasteiger partial charge in [0.15, 0.2) is 0 Å². The highest BCUT2D eigenvalue weighted by Crippen LogP contribution is 2.33. The Hall–Kier alpha value is -4.88. The topological polar surface area (TPSA) is 96.1 Å². The summed E-state index contributed by atoms with van der Waals surface area (Å²) in [5.41, 5.74) is 5.20. The number of rotatable bonds is 2. The molecule has 5 rings (SSSR count). The summed E-state index contributed by atoms with van der Waals surface area (Å²) in [7, 11) is 0. The summed E-state index contributed by atoms with van der Waals surface area (Å²) in [6.07, 6.45) is 4.99. The molecular weight excluding hydrogens is 438 g/mol. The van der Waals surface area contributed by atoms with E-state index in [0.29, 0.717) is 22.3 Å². The monoisotopic (exact) mass is 459 g/mol. The molecule has 0 radical (unpaired) electrons. The molecule has 35 heavy (non-hydrogen) atoms. The van der Waals surface area contributed by atoms with Crippen molar-refractivity contribution in [3.63, 3.8) is 0 Å². The summed E-state index contributed by atoms with van der Waals surface area (Å²) in [4.78, 5) is 17.6. The number of ether oxygens (including phenoxy) is 1. The van der Waals surface area contributed by atoms with Crippen LogP contribution in [0.15, 0.2) is 73.2 Å². The van der Waals surface area contributed by atoms with Crippen LogP contribution in [0, 0.1) is 22.7 Å². The smallest absolute Gasteiger partial charge is 0.419 e. The summed E-state index contributed by atoms with van der Waals surface area (Å²) in [6.45, 7) is 5.45. The number of carbonyl (C=O) groups is 1. The molecule has 3 heterocycles. The lowest BCUT2D eigenvalue weighted by Crippen LogP contribution is -2.26. The molecule has 170 valence electrons. The van der Waals surface area contributed by atoms with E-state index in [0.717, 1.165) is 27.8 Å². The van der Waals surface area contributed by atoms with Crippen molar-refractivity contribution in [2.24, 2.45) is 0 Å². The number of aromatic nitrogens is 3. The SMILES string of the molecule is CC(C)(C)OC(=O)n1cc(-c2ccc(-c3cn4ccc(C#N)cc4n3)cc2)c2ccc(C#N)cc21. The van der Waals surface area contributed by atoms with Crippen LogP contribution in [-0.2, 0) is 4.74 Å². The van der Waals surface area contributed by atoms with E-state index in [4.69, 9.17) is 10.00 Å². The van der Waals surface area contributed by atoms with Gasteiger partial charge in [-0.15, -0.1) is 0 Å². The van der Waals surface area contributed by atoms with E-state index in [1.54, 1.807) is 30.5 Å². The number of fused-ring (bicyclic) bond motifs is 2. The van der Waals surface area contributed by atoms with Gasteiger partial charge in [0.2, 0.25) is 0 Å². The van der Waals surface area contributed by atoms with E-state index in [-0.39, 0.29) is 0 Å². The van der Waals surface area contributed by atoms with Gasteiger partial charge in [-0.05, 0) is 50.6 Å². The predicted molar refractivity (Wildman–Crippen MR) is 133 cm³/mol. The second-order valence-corrected chi connectivity index (χ2v) is 9.23. The molecule has 0 aliphatic heterocycles. The molecule has 0 spiro atoms. The molecule has 3 aromatic heterocycles. The van der Waals surface area contributed by atoms with E-state index in [1.807, 2.05) is 67.9 Å². The Bertz CT molecular complexity index is 1690. The number of nitriles is 2. The van der Waals surface area contributed by atoms with Gasteiger partial charge in [-0.1, -0.05) is 30.3 Å². The molecule has 0 N–H and O–H groups in total. The van der Waals surface area contributed by atoms with Crippen molar-refractivity contribution in [2.45, 2.75) is 26.4 Å². The van der Waals surface area contributed by atoms with Gasteiger partial charge in [-0.25, -0.2) is 9.78 Å². The zero-order valence-electron chi connectivity index (χ0n) is 19.5. The molecule has 0 saturated heterocycles. The second kappa shape index (κ2) is 8.16. The van der Waals surface area contributed by atoms with Crippen LogP contribution in [0.25, 0.3) is 38.9 Å². The second-order valence-electron chi connectivity index (χ2n) is 9.23. The fraction of sp³-hybridized carbons (Fsp3) is 0.143. The van der Waals surface area contributed by atoms with Crippen molar-refractivity contribution >= 4 is 22.6 Å². The van der Waals surface area contributed by atoms with Gasteiger partial charge in [0, 0.05) is 35.1 Å². The van der Waals surface area contributed by atoms with Crippen LogP contribution >= 0.6 is 0 Å². The zero-order chi connectivity index (χ0) is 24.7. The summed E-state index contributed by atoms with van der Waals surface area (Å²) in [5, 5.41) is 19.3. The molecule has 0 fully saturated rings. The fourth-order valence-corrected chi connectivity index (χ4v) is 4.00. The minimum atomic E-state index is -0.648. The maximum atomic E-state index is 12.9. The molecule has 5 aromatic rings. The molecule has 0 saturated carbocycles. The molecule has 0 atom stereocenters. The van der Waals surface area contributed by atoms with Crippen LogP contribution in [-0.4, -0.2) is 25.6 Å². The minimum absolute atomic E-state index is 0.466. The number of nitrogens with zero attached hydrogens (tertiary/aromatic N) is 5. The average Bonchev–Trinajstić information content (AvgIpc) is 3.44. The number of carbonyl (C=O) groups excluding carboxylic acids is 1. The quantitative estimate of drug-likeness (QED) is 0.315. The molecule has 0 unspecified atom stereocenters. The van der Waals surface area contributed by atoms with Gasteiger partial charge in [-0.3, -0.25) is 4.57 Å².